The van der Waals surface area contributed by atoms with E-state index in [2.05, 4.69) is 37.3 Å². The van der Waals surface area contributed by atoms with Gasteiger partial charge in [0.25, 0.3) is 0 Å². The van der Waals surface area contributed by atoms with E-state index in [0.717, 1.165) is 0 Å². The van der Waals surface area contributed by atoms with Gasteiger partial charge in [0.05, 0.1) is 0 Å². The van der Waals surface area contributed by atoms with Crippen LogP contribution >= 0.6 is 8.58 Å². The molecular weight excluding hydrogens is 235 g/mol. The Morgan fingerprint density at radius 3 is 2.06 bits per heavy atom. The summed E-state index contributed by atoms with van der Waals surface area (Å²) in [6.07, 6.45) is 14.1. The molecule has 0 saturated heterocycles. The third kappa shape index (κ3) is 8.70. The quantitative estimate of drug-likeness (QED) is 0.326. The van der Waals surface area contributed by atoms with Gasteiger partial charge >= 0.3 is 0 Å². The molecule has 0 bridgehead atoms. The molecule has 0 nitrogen and oxygen atoms in total. The van der Waals surface area contributed by atoms with Crippen molar-refractivity contribution in [1.29, 1.82) is 0 Å². The summed E-state index contributed by atoms with van der Waals surface area (Å²) < 4.78 is 0. The fraction of sp³-hybridized carbons (Fsp3) is 0.647. The first-order valence-corrected chi connectivity index (χ1v) is 8.87. The molecule has 0 aliphatic rings. The largest absolute Gasteiger partial charge is 0.0762 e. The molecule has 0 atom stereocenters. The zero-order valence-corrected chi connectivity index (χ0v) is 12.8. The van der Waals surface area contributed by atoms with Crippen molar-refractivity contribution in [2.24, 2.45) is 0 Å². The average molecular weight is 263 g/mol. The van der Waals surface area contributed by atoms with Crippen LogP contribution in [0.4, 0.5) is 0 Å². The van der Waals surface area contributed by atoms with Crippen molar-refractivity contribution in [2.45, 2.75) is 64.5 Å². The zero-order chi connectivity index (χ0) is 12.9. The van der Waals surface area contributed by atoms with E-state index in [1.807, 2.05) is 0 Å². The van der Waals surface area contributed by atoms with Gasteiger partial charge < -0.3 is 0 Å². The number of unbranched alkanes of at least 4 members (excludes halogenated alkanes) is 7. The minimum Gasteiger partial charge on any atom is -0.0762 e. The Kier molecular flexibility index (Phi) is 10.2. The number of hydrogen-bond acceptors (Lipinski definition) is 0. The Morgan fingerprint density at radius 1 is 0.778 bits per heavy atom. The van der Waals surface area contributed by atoms with Gasteiger partial charge in [-0.3, -0.25) is 0 Å². The Bertz CT molecular complexity index is 268. The molecule has 1 radical (unpaired) electrons. The maximum Gasteiger partial charge on any atom is -0.00342 e. The lowest BCUT2D eigenvalue weighted by Gasteiger charge is -2.02. The summed E-state index contributed by atoms with van der Waals surface area (Å²) >= 11 is 0. The second-order valence-electron chi connectivity index (χ2n) is 5.07. The number of hydrogen-bond donors (Lipinski definition) is 0. The summed E-state index contributed by atoms with van der Waals surface area (Å²) in [6, 6.07) is 10.8. The van der Waals surface area contributed by atoms with Crippen LogP contribution in [0.5, 0.6) is 0 Å². The van der Waals surface area contributed by atoms with Gasteiger partial charge in [-0.1, -0.05) is 90.8 Å². The first-order chi connectivity index (χ1) is 8.93. The van der Waals surface area contributed by atoms with Crippen molar-refractivity contribution in [3.8, 4) is 0 Å². The first-order valence-electron chi connectivity index (χ1n) is 7.60. The maximum absolute atomic E-state index is 2.28. The van der Waals surface area contributed by atoms with Gasteiger partial charge in [0.15, 0.2) is 0 Å². The minimum absolute atomic E-state index is 1.23. The highest BCUT2D eigenvalue weighted by Crippen LogP contribution is 2.20. The van der Waals surface area contributed by atoms with Crippen LogP contribution in [0.2, 0.25) is 0 Å². The summed E-state index contributed by atoms with van der Waals surface area (Å²) in [5.41, 5.74) is 1.48. The Morgan fingerprint density at radius 2 is 1.39 bits per heavy atom. The Hall–Kier alpha value is -0.350. The number of benzene rings is 1. The van der Waals surface area contributed by atoms with E-state index in [9.17, 15) is 0 Å². The molecule has 0 heterocycles. The molecule has 0 saturated carbocycles. The molecule has 101 valence electrons. The van der Waals surface area contributed by atoms with Crippen molar-refractivity contribution in [2.75, 3.05) is 6.16 Å². The van der Waals surface area contributed by atoms with Crippen molar-refractivity contribution < 1.29 is 0 Å². The molecular formula is C17H28P. The van der Waals surface area contributed by atoms with Crippen LogP contribution in [0, 0.1) is 0 Å². The second-order valence-corrected chi connectivity index (χ2v) is 6.28. The van der Waals surface area contributed by atoms with Gasteiger partial charge in [-0.25, -0.2) is 0 Å². The molecule has 0 aromatic heterocycles. The van der Waals surface area contributed by atoms with E-state index in [1.54, 1.807) is 8.58 Å². The van der Waals surface area contributed by atoms with Gasteiger partial charge in [-0.05, 0) is 24.3 Å². The van der Waals surface area contributed by atoms with Crippen LogP contribution in [0.25, 0.3) is 0 Å². The average Bonchev–Trinajstić information content (AvgIpc) is 2.42. The van der Waals surface area contributed by atoms with Gasteiger partial charge in [0.2, 0.25) is 0 Å². The van der Waals surface area contributed by atoms with Crippen LogP contribution in [0.15, 0.2) is 30.3 Å². The molecule has 1 aromatic carbocycles. The highest BCUT2D eigenvalue weighted by atomic mass is 31.1. The highest BCUT2D eigenvalue weighted by Gasteiger charge is 1.94. The zero-order valence-electron chi connectivity index (χ0n) is 11.9. The smallest absolute Gasteiger partial charge is 0.00342 e. The molecule has 1 heteroatoms. The summed E-state index contributed by atoms with van der Waals surface area (Å²) in [6.45, 7) is 2.28. The van der Waals surface area contributed by atoms with Crippen LogP contribution in [0.1, 0.15) is 63.9 Å². The Labute approximate surface area is 115 Å². The Balaban J connectivity index is 1.82. The SMILES string of the molecule is CCCCCCCCCC[P]Cc1ccccc1. The van der Waals surface area contributed by atoms with Crippen molar-refractivity contribution in [1.82, 2.24) is 0 Å². The summed E-state index contributed by atoms with van der Waals surface area (Å²) in [4.78, 5) is 0. The third-order valence-corrected chi connectivity index (χ3v) is 4.53. The topological polar surface area (TPSA) is 0 Å². The van der Waals surface area contributed by atoms with Crippen LogP contribution in [-0.4, -0.2) is 6.16 Å². The van der Waals surface area contributed by atoms with E-state index < -0.39 is 0 Å². The maximum atomic E-state index is 2.28. The molecule has 1 rings (SSSR count). The fourth-order valence-electron chi connectivity index (χ4n) is 2.15. The van der Waals surface area contributed by atoms with E-state index in [4.69, 9.17) is 0 Å². The predicted octanol–water partition coefficient (Wildman–Crippen LogP) is 6.27. The van der Waals surface area contributed by atoms with Crippen molar-refractivity contribution >= 4 is 8.58 Å². The highest BCUT2D eigenvalue weighted by molar-refractivity contribution is 7.37. The van der Waals surface area contributed by atoms with Gasteiger partial charge in [-0.15, -0.1) is 0 Å². The van der Waals surface area contributed by atoms with E-state index in [-0.39, 0.29) is 0 Å². The lowest BCUT2D eigenvalue weighted by Crippen LogP contribution is -1.83. The summed E-state index contributed by atoms with van der Waals surface area (Å²) in [5.74, 6) is 0. The van der Waals surface area contributed by atoms with E-state index >= 15 is 0 Å². The van der Waals surface area contributed by atoms with E-state index in [0.29, 0.717) is 0 Å². The molecule has 0 N–H and O–H groups in total. The molecule has 0 aliphatic carbocycles. The summed E-state index contributed by atoms with van der Waals surface area (Å²) in [7, 11) is 1.60. The molecule has 0 spiro atoms. The van der Waals surface area contributed by atoms with Crippen LogP contribution < -0.4 is 0 Å². The lowest BCUT2D eigenvalue weighted by molar-refractivity contribution is 0.586. The predicted molar refractivity (Wildman–Crippen MR) is 84.5 cm³/mol. The van der Waals surface area contributed by atoms with Gasteiger partial charge in [-0.2, -0.15) is 0 Å². The lowest BCUT2D eigenvalue weighted by atomic mass is 10.1. The molecule has 0 aliphatic heterocycles. The third-order valence-electron chi connectivity index (χ3n) is 3.31. The van der Waals surface area contributed by atoms with Crippen molar-refractivity contribution in [3.63, 3.8) is 0 Å². The molecule has 0 fully saturated rings. The molecule has 0 unspecified atom stereocenters. The van der Waals surface area contributed by atoms with Crippen LogP contribution in [0.3, 0.4) is 0 Å². The second kappa shape index (κ2) is 11.7. The standard InChI is InChI=1S/C17H28P/c1-2-3-4-5-6-7-8-12-15-18-16-17-13-10-9-11-14-17/h9-11,13-14H,2-8,12,15-16H2,1H3. The number of rotatable bonds is 11. The first kappa shape index (κ1) is 15.7. The fourth-order valence-corrected chi connectivity index (χ4v) is 3.22. The van der Waals surface area contributed by atoms with E-state index in [1.165, 1.54) is 69.3 Å². The normalized spacial score (nSPS) is 11.4. The molecule has 18 heavy (non-hydrogen) atoms. The molecule has 0 amide bonds. The van der Waals surface area contributed by atoms with Crippen LogP contribution in [-0.2, 0) is 6.16 Å². The minimum atomic E-state index is 1.23. The summed E-state index contributed by atoms with van der Waals surface area (Å²) in [5, 5.41) is 0. The van der Waals surface area contributed by atoms with Gasteiger partial charge in [0, 0.05) is 0 Å². The monoisotopic (exact) mass is 263 g/mol. The van der Waals surface area contributed by atoms with Crippen molar-refractivity contribution in [3.05, 3.63) is 35.9 Å². The van der Waals surface area contributed by atoms with Gasteiger partial charge in [0.1, 0.15) is 0 Å². The molecule has 1 aromatic rings.